The van der Waals surface area contributed by atoms with Crippen LogP contribution in [0, 0.1) is 0 Å². The summed E-state index contributed by atoms with van der Waals surface area (Å²) in [6.45, 7) is 3.20. The van der Waals surface area contributed by atoms with Gasteiger partial charge in [0.15, 0.2) is 0 Å². The van der Waals surface area contributed by atoms with Gasteiger partial charge in [-0.2, -0.15) is 0 Å². The molecule has 0 aliphatic rings. The van der Waals surface area contributed by atoms with Crippen molar-refractivity contribution in [2.75, 3.05) is 6.54 Å². The zero-order valence-corrected chi connectivity index (χ0v) is 14.5. The smallest absolute Gasteiger partial charge is 0.0621 e. The number of nitrogens with one attached hydrogen (secondary N) is 1. The van der Waals surface area contributed by atoms with Crippen molar-refractivity contribution in [2.45, 2.75) is 32.2 Å². The summed E-state index contributed by atoms with van der Waals surface area (Å²) in [5, 5.41) is 4.36. The van der Waals surface area contributed by atoms with Gasteiger partial charge in [-0.05, 0) is 55.1 Å². The summed E-state index contributed by atoms with van der Waals surface area (Å²) in [4.78, 5) is 4.05. The Balaban J connectivity index is 2.09. The van der Waals surface area contributed by atoms with Crippen molar-refractivity contribution < 1.29 is 0 Å². The van der Waals surface area contributed by atoms with Gasteiger partial charge in [0.2, 0.25) is 0 Å². The Labute approximate surface area is 140 Å². The van der Waals surface area contributed by atoms with Crippen LogP contribution >= 0.6 is 27.5 Å². The van der Waals surface area contributed by atoms with Crippen LogP contribution in [-0.2, 0) is 12.8 Å². The molecule has 0 aliphatic heterocycles. The Bertz CT molecular complexity index is 574. The number of hydrogen-bond donors (Lipinski definition) is 1. The number of pyridine rings is 1. The Hall–Kier alpha value is -0.900. The maximum atomic E-state index is 6.23. The van der Waals surface area contributed by atoms with Crippen LogP contribution in [0.2, 0.25) is 5.02 Å². The van der Waals surface area contributed by atoms with Crippen molar-refractivity contribution in [3.05, 3.63) is 63.3 Å². The Morgan fingerprint density at radius 1 is 1.29 bits per heavy atom. The van der Waals surface area contributed by atoms with Gasteiger partial charge < -0.3 is 5.32 Å². The third-order valence-corrected chi connectivity index (χ3v) is 4.21. The molecule has 1 aromatic heterocycles. The highest BCUT2D eigenvalue weighted by Gasteiger charge is 2.12. The molecular formula is C17H20BrClN2. The largest absolute Gasteiger partial charge is 0.313 e. The molecule has 1 aromatic carbocycles. The quantitative estimate of drug-likeness (QED) is 0.770. The second-order valence-corrected chi connectivity index (χ2v) is 6.48. The highest BCUT2D eigenvalue weighted by molar-refractivity contribution is 9.10. The standard InChI is InChI=1S/C17H20BrClN2/c1-2-7-21-16(10-13-4-3-5-15(18)9-13)11-14-6-8-20-12-17(14)19/h3-6,8-9,12,16,21H,2,7,10-11H2,1H3. The van der Waals surface area contributed by atoms with E-state index in [0.29, 0.717) is 6.04 Å². The molecule has 1 N–H and O–H groups in total. The summed E-state index contributed by atoms with van der Waals surface area (Å²) < 4.78 is 1.12. The fourth-order valence-electron chi connectivity index (χ4n) is 2.35. The van der Waals surface area contributed by atoms with E-state index in [9.17, 15) is 0 Å². The molecule has 0 saturated heterocycles. The number of halogens is 2. The SMILES string of the molecule is CCCNC(Cc1cccc(Br)c1)Cc1ccncc1Cl. The van der Waals surface area contributed by atoms with E-state index in [1.165, 1.54) is 5.56 Å². The minimum atomic E-state index is 0.374. The topological polar surface area (TPSA) is 24.9 Å². The molecule has 0 bridgehead atoms. The monoisotopic (exact) mass is 366 g/mol. The van der Waals surface area contributed by atoms with Crippen LogP contribution in [0.5, 0.6) is 0 Å². The summed E-state index contributed by atoms with van der Waals surface area (Å²) in [6.07, 6.45) is 6.54. The average Bonchev–Trinajstić information content (AvgIpc) is 2.47. The first kappa shape index (κ1) is 16.5. The minimum Gasteiger partial charge on any atom is -0.313 e. The van der Waals surface area contributed by atoms with Crippen molar-refractivity contribution in [3.63, 3.8) is 0 Å². The van der Waals surface area contributed by atoms with Gasteiger partial charge in [0.1, 0.15) is 0 Å². The third kappa shape index (κ3) is 5.42. The fraction of sp³-hybridized carbons (Fsp3) is 0.353. The van der Waals surface area contributed by atoms with Gasteiger partial charge in [0, 0.05) is 22.9 Å². The van der Waals surface area contributed by atoms with E-state index >= 15 is 0 Å². The van der Waals surface area contributed by atoms with Crippen LogP contribution in [0.15, 0.2) is 47.2 Å². The van der Waals surface area contributed by atoms with Crippen LogP contribution in [0.1, 0.15) is 24.5 Å². The van der Waals surface area contributed by atoms with Crippen LogP contribution in [0.25, 0.3) is 0 Å². The molecule has 1 unspecified atom stereocenters. The predicted octanol–water partition coefficient (Wildman–Crippen LogP) is 4.65. The highest BCUT2D eigenvalue weighted by Crippen LogP contribution is 2.18. The number of aromatic nitrogens is 1. The first-order valence-corrected chi connectivity index (χ1v) is 8.42. The molecule has 0 spiro atoms. The molecule has 0 radical (unpaired) electrons. The first-order valence-electron chi connectivity index (χ1n) is 7.25. The molecule has 2 aromatic rings. The zero-order valence-electron chi connectivity index (χ0n) is 12.2. The third-order valence-electron chi connectivity index (χ3n) is 3.38. The minimum absolute atomic E-state index is 0.374. The second kappa shape index (κ2) is 8.52. The van der Waals surface area contributed by atoms with E-state index < -0.39 is 0 Å². The van der Waals surface area contributed by atoms with E-state index in [2.05, 4.69) is 57.4 Å². The maximum absolute atomic E-state index is 6.23. The molecule has 0 fully saturated rings. The number of benzene rings is 1. The predicted molar refractivity (Wildman–Crippen MR) is 92.9 cm³/mol. The molecule has 4 heteroatoms. The summed E-state index contributed by atoms with van der Waals surface area (Å²) in [5.41, 5.74) is 2.47. The van der Waals surface area contributed by atoms with Gasteiger partial charge in [-0.3, -0.25) is 4.98 Å². The van der Waals surface area contributed by atoms with Crippen molar-refractivity contribution in [3.8, 4) is 0 Å². The lowest BCUT2D eigenvalue weighted by atomic mass is 9.99. The maximum Gasteiger partial charge on any atom is 0.0621 e. The van der Waals surface area contributed by atoms with E-state index in [-0.39, 0.29) is 0 Å². The summed E-state index contributed by atoms with van der Waals surface area (Å²) in [6, 6.07) is 10.9. The van der Waals surface area contributed by atoms with E-state index in [4.69, 9.17) is 11.6 Å². The van der Waals surface area contributed by atoms with Crippen molar-refractivity contribution in [1.82, 2.24) is 10.3 Å². The molecule has 2 nitrogen and oxygen atoms in total. The summed E-state index contributed by atoms with van der Waals surface area (Å²) in [5.74, 6) is 0. The van der Waals surface area contributed by atoms with Gasteiger partial charge in [0.25, 0.3) is 0 Å². The Morgan fingerprint density at radius 3 is 2.86 bits per heavy atom. The van der Waals surface area contributed by atoms with E-state index in [1.807, 2.05) is 6.07 Å². The van der Waals surface area contributed by atoms with Gasteiger partial charge >= 0.3 is 0 Å². The lowest BCUT2D eigenvalue weighted by molar-refractivity contribution is 0.504. The molecule has 0 aliphatic carbocycles. The van der Waals surface area contributed by atoms with Crippen molar-refractivity contribution in [2.24, 2.45) is 0 Å². The zero-order chi connectivity index (χ0) is 15.1. The highest BCUT2D eigenvalue weighted by atomic mass is 79.9. The summed E-state index contributed by atoms with van der Waals surface area (Å²) in [7, 11) is 0. The van der Waals surface area contributed by atoms with E-state index in [1.54, 1.807) is 12.4 Å². The molecule has 1 atom stereocenters. The second-order valence-electron chi connectivity index (χ2n) is 5.16. The van der Waals surface area contributed by atoms with Crippen LogP contribution in [0.3, 0.4) is 0 Å². The van der Waals surface area contributed by atoms with E-state index in [0.717, 1.165) is 40.9 Å². The lowest BCUT2D eigenvalue weighted by Gasteiger charge is -2.19. The van der Waals surface area contributed by atoms with Gasteiger partial charge in [-0.1, -0.05) is 46.6 Å². The molecule has 21 heavy (non-hydrogen) atoms. The van der Waals surface area contributed by atoms with Crippen molar-refractivity contribution >= 4 is 27.5 Å². The fourth-order valence-corrected chi connectivity index (χ4v) is 2.99. The van der Waals surface area contributed by atoms with Gasteiger partial charge in [0.05, 0.1) is 5.02 Å². The molecule has 112 valence electrons. The molecule has 0 saturated carbocycles. The van der Waals surface area contributed by atoms with Crippen molar-refractivity contribution in [1.29, 1.82) is 0 Å². The van der Waals surface area contributed by atoms with Crippen LogP contribution in [0.4, 0.5) is 0 Å². The molecule has 2 rings (SSSR count). The molecule has 1 heterocycles. The normalized spacial score (nSPS) is 12.3. The van der Waals surface area contributed by atoms with Crippen LogP contribution in [-0.4, -0.2) is 17.6 Å². The first-order chi connectivity index (χ1) is 10.2. The number of rotatable bonds is 7. The van der Waals surface area contributed by atoms with Crippen LogP contribution < -0.4 is 5.32 Å². The molecular weight excluding hydrogens is 348 g/mol. The Kier molecular flexibility index (Phi) is 6.68. The number of nitrogens with zero attached hydrogens (tertiary/aromatic N) is 1. The lowest BCUT2D eigenvalue weighted by Crippen LogP contribution is -2.34. The number of hydrogen-bond acceptors (Lipinski definition) is 2. The van der Waals surface area contributed by atoms with Gasteiger partial charge in [-0.15, -0.1) is 0 Å². The Morgan fingerprint density at radius 2 is 2.14 bits per heavy atom. The molecule has 0 amide bonds. The average molecular weight is 368 g/mol. The summed E-state index contributed by atoms with van der Waals surface area (Å²) >= 11 is 9.77. The van der Waals surface area contributed by atoms with Gasteiger partial charge in [-0.25, -0.2) is 0 Å².